The van der Waals surface area contributed by atoms with Crippen LogP contribution in [0.2, 0.25) is 5.02 Å². The Labute approximate surface area is 178 Å². The van der Waals surface area contributed by atoms with Crippen LogP contribution in [0.5, 0.6) is 0 Å². The number of nitrogens with zero attached hydrogens (tertiary/aromatic N) is 2. The molecular formula is C22H16ClN3O2S. The quantitative estimate of drug-likeness (QED) is 0.390. The summed E-state index contributed by atoms with van der Waals surface area (Å²) in [6.07, 6.45) is 1.58. The lowest BCUT2D eigenvalue weighted by Crippen LogP contribution is -2.54. The number of aryl methyl sites for hydroxylation is 1. The topological polar surface area (TPSA) is 54.3 Å². The third-order valence-corrected chi connectivity index (χ3v) is 5.10. The molecule has 1 aliphatic rings. The summed E-state index contributed by atoms with van der Waals surface area (Å²) in [5, 5.41) is 3.08. The van der Waals surface area contributed by atoms with Crippen molar-refractivity contribution in [2.24, 2.45) is 0 Å². The minimum Gasteiger partial charge on any atom is -0.314 e. The van der Waals surface area contributed by atoms with Crippen LogP contribution in [0.25, 0.3) is 11.8 Å². The SMILES string of the molecule is Cc1ccc(/C=C2\C(=O)NC(=S)N(c3cccc(Cl)c3)C2=O)n1-c1ccccc1. The van der Waals surface area contributed by atoms with Crippen LogP contribution in [-0.4, -0.2) is 21.5 Å². The van der Waals surface area contributed by atoms with Crippen LogP contribution in [0.3, 0.4) is 0 Å². The number of benzene rings is 2. The van der Waals surface area contributed by atoms with E-state index >= 15 is 0 Å². The van der Waals surface area contributed by atoms with Gasteiger partial charge in [-0.15, -0.1) is 0 Å². The van der Waals surface area contributed by atoms with E-state index in [2.05, 4.69) is 5.32 Å². The lowest BCUT2D eigenvalue weighted by Gasteiger charge is -2.29. The molecule has 2 amide bonds. The van der Waals surface area contributed by atoms with Gasteiger partial charge < -0.3 is 4.57 Å². The van der Waals surface area contributed by atoms with Gasteiger partial charge in [-0.05, 0) is 67.7 Å². The molecule has 0 bridgehead atoms. The van der Waals surface area contributed by atoms with Crippen molar-refractivity contribution in [3.05, 3.63) is 88.7 Å². The van der Waals surface area contributed by atoms with Gasteiger partial charge in [-0.25, -0.2) is 0 Å². The van der Waals surface area contributed by atoms with Crippen LogP contribution in [0, 0.1) is 6.92 Å². The Bertz CT molecular complexity index is 1170. The Kier molecular flexibility index (Phi) is 5.05. The fourth-order valence-electron chi connectivity index (χ4n) is 3.26. The van der Waals surface area contributed by atoms with E-state index in [4.69, 9.17) is 23.8 Å². The van der Waals surface area contributed by atoms with Gasteiger partial charge in [0.1, 0.15) is 5.57 Å². The van der Waals surface area contributed by atoms with Crippen LogP contribution in [0.4, 0.5) is 5.69 Å². The van der Waals surface area contributed by atoms with Crippen molar-refractivity contribution >= 4 is 52.5 Å². The van der Waals surface area contributed by atoms with Crippen molar-refractivity contribution in [1.82, 2.24) is 9.88 Å². The van der Waals surface area contributed by atoms with Gasteiger partial charge in [0.2, 0.25) is 0 Å². The average Bonchev–Trinajstić information content (AvgIpc) is 3.06. The molecule has 2 aromatic carbocycles. The molecule has 2 heterocycles. The molecular weight excluding hydrogens is 406 g/mol. The molecule has 0 radical (unpaired) electrons. The number of carbonyl (C=O) groups is 2. The summed E-state index contributed by atoms with van der Waals surface area (Å²) in [6.45, 7) is 1.96. The molecule has 29 heavy (non-hydrogen) atoms. The number of aromatic nitrogens is 1. The zero-order chi connectivity index (χ0) is 20.5. The van der Waals surface area contributed by atoms with Gasteiger partial charge in [0.15, 0.2) is 5.11 Å². The van der Waals surface area contributed by atoms with Gasteiger partial charge >= 0.3 is 0 Å². The van der Waals surface area contributed by atoms with Gasteiger partial charge in [0.25, 0.3) is 11.8 Å². The number of hydrogen-bond acceptors (Lipinski definition) is 3. The van der Waals surface area contributed by atoms with Crippen molar-refractivity contribution in [1.29, 1.82) is 0 Å². The summed E-state index contributed by atoms with van der Waals surface area (Å²) >= 11 is 11.3. The van der Waals surface area contributed by atoms with E-state index in [-0.39, 0.29) is 10.7 Å². The molecule has 7 heteroatoms. The summed E-state index contributed by atoms with van der Waals surface area (Å²) in [5.41, 5.74) is 3.12. The zero-order valence-corrected chi connectivity index (χ0v) is 17.0. The van der Waals surface area contributed by atoms with Crippen LogP contribution in [-0.2, 0) is 9.59 Å². The minimum absolute atomic E-state index is 0.00569. The van der Waals surface area contributed by atoms with Gasteiger partial charge in [-0.2, -0.15) is 0 Å². The van der Waals surface area contributed by atoms with E-state index in [1.807, 2.05) is 54.0 Å². The summed E-state index contributed by atoms with van der Waals surface area (Å²) in [5.74, 6) is -1.03. The predicted molar refractivity (Wildman–Crippen MR) is 118 cm³/mol. The van der Waals surface area contributed by atoms with E-state index in [1.54, 1.807) is 30.3 Å². The van der Waals surface area contributed by atoms with E-state index in [1.165, 1.54) is 4.90 Å². The maximum Gasteiger partial charge on any atom is 0.270 e. The zero-order valence-electron chi connectivity index (χ0n) is 15.4. The van der Waals surface area contributed by atoms with Gasteiger partial charge in [0.05, 0.1) is 5.69 Å². The minimum atomic E-state index is -0.531. The molecule has 0 saturated carbocycles. The molecule has 0 atom stereocenters. The second kappa shape index (κ2) is 7.66. The number of carbonyl (C=O) groups excluding carboxylic acids is 2. The van der Waals surface area contributed by atoms with Crippen LogP contribution in [0.15, 0.2) is 72.3 Å². The monoisotopic (exact) mass is 421 g/mol. The predicted octanol–water partition coefficient (Wildman–Crippen LogP) is 4.27. The number of nitrogens with one attached hydrogen (secondary N) is 1. The van der Waals surface area contributed by atoms with E-state index < -0.39 is 11.8 Å². The summed E-state index contributed by atoms with van der Waals surface area (Å²) in [4.78, 5) is 27.0. The normalized spacial score (nSPS) is 15.7. The fourth-order valence-corrected chi connectivity index (χ4v) is 3.72. The highest BCUT2D eigenvalue weighted by molar-refractivity contribution is 7.80. The summed E-state index contributed by atoms with van der Waals surface area (Å²) in [6, 6.07) is 20.3. The highest BCUT2D eigenvalue weighted by Crippen LogP contribution is 2.26. The smallest absolute Gasteiger partial charge is 0.270 e. The molecule has 1 N–H and O–H groups in total. The Morgan fingerprint density at radius 2 is 1.69 bits per heavy atom. The fraction of sp³-hybridized carbons (Fsp3) is 0.0455. The van der Waals surface area contributed by atoms with Crippen molar-refractivity contribution in [2.75, 3.05) is 4.90 Å². The maximum absolute atomic E-state index is 13.2. The second-order valence-corrected chi connectivity index (χ2v) is 7.33. The van der Waals surface area contributed by atoms with Gasteiger partial charge in [-0.1, -0.05) is 35.9 Å². The number of para-hydroxylation sites is 1. The van der Waals surface area contributed by atoms with Gasteiger partial charge in [-0.3, -0.25) is 19.8 Å². The van der Waals surface area contributed by atoms with E-state index in [0.717, 1.165) is 11.4 Å². The lowest BCUT2D eigenvalue weighted by atomic mass is 10.1. The van der Waals surface area contributed by atoms with Crippen molar-refractivity contribution in [3.63, 3.8) is 0 Å². The first kappa shape index (κ1) is 19.1. The number of hydrogen-bond donors (Lipinski definition) is 1. The van der Waals surface area contributed by atoms with Gasteiger partial charge in [0, 0.05) is 22.1 Å². The average molecular weight is 422 g/mol. The highest BCUT2D eigenvalue weighted by atomic mass is 35.5. The third-order valence-electron chi connectivity index (χ3n) is 4.58. The molecule has 5 nitrogen and oxygen atoms in total. The molecule has 1 saturated heterocycles. The number of rotatable bonds is 3. The molecule has 1 aliphatic heterocycles. The number of amides is 2. The number of thiocarbonyl (C=S) groups is 1. The third kappa shape index (κ3) is 3.60. The molecule has 4 rings (SSSR count). The van der Waals surface area contributed by atoms with Crippen LogP contribution < -0.4 is 10.2 Å². The molecule has 1 aromatic heterocycles. The largest absolute Gasteiger partial charge is 0.314 e. The molecule has 0 spiro atoms. The van der Waals surface area contributed by atoms with Crippen LogP contribution >= 0.6 is 23.8 Å². The molecule has 144 valence electrons. The Morgan fingerprint density at radius 1 is 0.966 bits per heavy atom. The van der Waals surface area contributed by atoms with Crippen molar-refractivity contribution < 1.29 is 9.59 Å². The maximum atomic E-state index is 13.2. The van der Waals surface area contributed by atoms with E-state index in [9.17, 15) is 9.59 Å². The van der Waals surface area contributed by atoms with Crippen molar-refractivity contribution in [2.45, 2.75) is 6.92 Å². The van der Waals surface area contributed by atoms with E-state index in [0.29, 0.717) is 16.4 Å². The first-order valence-corrected chi connectivity index (χ1v) is 9.65. The Balaban J connectivity index is 1.79. The molecule has 0 aliphatic carbocycles. The van der Waals surface area contributed by atoms with Crippen LogP contribution in [0.1, 0.15) is 11.4 Å². The Morgan fingerprint density at radius 3 is 2.41 bits per heavy atom. The Hall–Kier alpha value is -3.22. The first-order valence-electron chi connectivity index (χ1n) is 8.86. The highest BCUT2D eigenvalue weighted by Gasteiger charge is 2.34. The molecule has 3 aromatic rings. The molecule has 0 unspecified atom stereocenters. The first-order chi connectivity index (χ1) is 14.0. The standard InChI is InChI=1S/C22H16ClN3O2S/c1-14-10-11-18(25(14)16-7-3-2-4-8-16)13-19-20(27)24-22(29)26(21(19)28)17-9-5-6-15(23)12-17/h2-13H,1H3,(H,24,27,29)/b19-13+. The number of anilines is 1. The molecule has 1 fully saturated rings. The number of halogens is 1. The van der Waals surface area contributed by atoms with Crippen molar-refractivity contribution in [3.8, 4) is 5.69 Å². The summed E-state index contributed by atoms with van der Waals surface area (Å²) in [7, 11) is 0. The summed E-state index contributed by atoms with van der Waals surface area (Å²) < 4.78 is 1.98. The second-order valence-electron chi connectivity index (χ2n) is 6.51. The lowest BCUT2D eigenvalue weighted by molar-refractivity contribution is -0.122.